The lowest BCUT2D eigenvalue weighted by atomic mass is 9.93. The molecular formula is C21H23NO. The minimum Gasteiger partial charge on any atom is -0.496 e. The van der Waals surface area contributed by atoms with Crippen LogP contribution in [0.1, 0.15) is 30.4 Å². The van der Waals surface area contributed by atoms with Crippen LogP contribution in [-0.4, -0.2) is 24.1 Å². The fourth-order valence-electron chi connectivity index (χ4n) is 4.07. The van der Waals surface area contributed by atoms with Crippen LogP contribution in [0.15, 0.2) is 60.7 Å². The molecule has 2 unspecified atom stereocenters. The van der Waals surface area contributed by atoms with E-state index in [1.54, 1.807) is 7.11 Å². The molecule has 2 bridgehead atoms. The SMILES string of the molecule is COc1ccccc1C1=CC2CCC(C1)N2Cc1ccccc1. The van der Waals surface area contributed by atoms with Gasteiger partial charge in [-0.05, 0) is 36.5 Å². The summed E-state index contributed by atoms with van der Waals surface area (Å²) in [5, 5.41) is 0. The van der Waals surface area contributed by atoms with Crippen molar-refractivity contribution in [2.75, 3.05) is 7.11 Å². The molecule has 2 aliphatic heterocycles. The molecule has 2 nitrogen and oxygen atoms in total. The molecule has 2 aromatic carbocycles. The minimum absolute atomic E-state index is 0.564. The van der Waals surface area contributed by atoms with Crippen LogP contribution < -0.4 is 4.74 Å². The van der Waals surface area contributed by atoms with Crippen LogP contribution in [0.25, 0.3) is 5.57 Å². The predicted octanol–water partition coefficient (Wildman–Crippen LogP) is 4.52. The van der Waals surface area contributed by atoms with Crippen LogP contribution in [0.3, 0.4) is 0 Å². The zero-order valence-corrected chi connectivity index (χ0v) is 13.6. The summed E-state index contributed by atoms with van der Waals surface area (Å²) in [5.74, 6) is 0.995. The Balaban J connectivity index is 1.59. The number of methoxy groups -OCH3 is 1. The van der Waals surface area contributed by atoms with Gasteiger partial charge in [0.25, 0.3) is 0 Å². The van der Waals surface area contributed by atoms with E-state index in [4.69, 9.17) is 4.74 Å². The summed E-state index contributed by atoms with van der Waals surface area (Å²) in [7, 11) is 1.76. The maximum Gasteiger partial charge on any atom is 0.126 e. The van der Waals surface area contributed by atoms with Gasteiger partial charge in [0.05, 0.1) is 7.11 Å². The lowest BCUT2D eigenvalue weighted by Gasteiger charge is -2.34. The van der Waals surface area contributed by atoms with Gasteiger partial charge in [0, 0.05) is 24.2 Å². The third-order valence-corrected chi connectivity index (χ3v) is 5.20. The van der Waals surface area contributed by atoms with Gasteiger partial charge in [0.1, 0.15) is 5.75 Å². The third kappa shape index (κ3) is 2.79. The molecule has 2 heteroatoms. The summed E-state index contributed by atoms with van der Waals surface area (Å²) in [5.41, 5.74) is 4.14. The maximum atomic E-state index is 5.56. The molecule has 2 aliphatic rings. The zero-order chi connectivity index (χ0) is 15.6. The van der Waals surface area contributed by atoms with E-state index in [9.17, 15) is 0 Å². The van der Waals surface area contributed by atoms with E-state index in [1.165, 1.54) is 29.5 Å². The van der Waals surface area contributed by atoms with Crippen molar-refractivity contribution in [1.29, 1.82) is 0 Å². The molecule has 118 valence electrons. The van der Waals surface area contributed by atoms with Crippen LogP contribution in [0.5, 0.6) is 5.75 Å². The molecule has 0 spiro atoms. The number of ether oxygens (including phenoxy) is 1. The van der Waals surface area contributed by atoms with Gasteiger partial charge in [0.2, 0.25) is 0 Å². The van der Waals surface area contributed by atoms with Gasteiger partial charge in [-0.2, -0.15) is 0 Å². The van der Waals surface area contributed by atoms with Gasteiger partial charge < -0.3 is 4.74 Å². The number of hydrogen-bond donors (Lipinski definition) is 0. The Morgan fingerprint density at radius 2 is 1.78 bits per heavy atom. The molecule has 4 rings (SSSR count). The van der Waals surface area contributed by atoms with Crippen molar-refractivity contribution < 1.29 is 4.74 Å². The molecule has 2 heterocycles. The monoisotopic (exact) mass is 305 g/mol. The lowest BCUT2D eigenvalue weighted by Crippen LogP contribution is -2.37. The first-order valence-electron chi connectivity index (χ1n) is 8.49. The van der Waals surface area contributed by atoms with E-state index >= 15 is 0 Å². The third-order valence-electron chi connectivity index (χ3n) is 5.20. The average Bonchev–Trinajstić information content (AvgIpc) is 2.84. The van der Waals surface area contributed by atoms with E-state index in [2.05, 4.69) is 59.5 Å². The van der Waals surface area contributed by atoms with Crippen LogP contribution in [0.2, 0.25) is 0 Å². The fraction of sp³-hybridized carbons (Fsp3) is 0.333. The molecular weight excluding hydrogens is 282 g/mol. The highest BCUT2D eigenvalue weighted by Gasteiger charge is 2.36. The van der Waals surface area contributed by atoms with E-state index in [0.717, 1.165) is 18.7 Å². The molecule has 1 fully saturated rings. The number of rotatable bonds is 4. The minimum atomic E-state index is 0.564. The number of nitrogens with zero attached hydrogens (tertiary/aromatic N) is 1. The van der Waals surface area contributed by atoms with E-state index in [-0.39, 0.29) is 0 Å². The van der Waals surface area contributed by atoms with Crippen molar-refractivity contribution >= 4 is 5.57 Å². The second kappa shape index (κ2) is 6.21. The normalized spacial score (nSPS) is 23.6. The molecule has 1 saturated heterocycles. The number of para-hydroxylation sites is 1. The lowest BCUT2D eigenvalue weighted by molar-refractivity contribution is 0.203. The van der Waals surface area contributed by atoms with E-state index in [1.807, 2.05) is 6.07 Å². The summed E-state index contributed by atoms with van der Waals surface area (Å²) >= 11 is 0. The first-order chi connectivity index (χ1) is 11.3. The van der Waals surface area contributed by atoms with Crippen LogP contribution in [0.4, 0.5) is 0 Å². The number of hydrogen-bond acceptors (Lipinski definition) is 2. The molecule has 0 radical (unpaired) electrons. The Labute approximate surface area is 138 Å². The average molecular weight is 305 g/mol. The van der Waals surface area contributed by atoms with E-state index < -0.39 is 0 Å². The first kappa shape index (κ1) is 14.5. The van der Waals surface area contributed by atoms with Crippen LogP contribution >= 0.6 is 0 Å². The Kier molecular flexibility index (Phi) is 3.92. The van der Waals surface area contributed by atoms with E-state index in [0.29, 0.717) is 12.1 Å². The number of fused-ring (bicyclic) bond motifs is 2. The standard InChI is InChI=1S/C21H23NO/c1-23-21-10-6-5-9-20(21)17-13-18-11-12-19(14-17)22(18)15-16-7-3-2-4-8-16/h2-10,13,18-19H,11-12,14-15H2,1H3. The highest BCUT2D eigenvalue weighted by Crippen LogP contribution is 2.41. The summed E-state index contributed by atoms with van der Waals surface area (Å²) in [6, 6.07) is 20.5. The topological polar surface area (TPSA) is 12.5 Å². The van der Waals surface area contributed by atoms with Gasteiger partial charge in [-0.15, -0.1) is 0 Å². The Hall–Kier alpha value is -2.06. The summed E-state index contributed by atoms with van der Waals surface area (Å²) < 4.78 is 5.56. The van der Waals surface area contributed by atoms with Crippen LogP contribution in [0, 0.1) is 0 Å². The zero-order valence-electron chi connectivity index (χ0n) is 13.6. The van der Waals surface area contributed by atoms with Crippen molar-refractivity contribution in [2.45, 2.75) is 37.9 Å². The van der Waals surface area contributed by atoms with Crippen molar-refractivity contribution in [3.8, 4) is 5.75 Å². The highest BCUT2D eigenvalue weighted by molar-refractivity contribution is 5.72. The summed E-state index contributed by atoms with van der Waals surface area (Å²) in [4.78, 5) is 2.67. The molecule has 23 heavy (non-hydrogen) atoms. The fourth-order valence-corrected chi connectivity index (χ4v) is 4.07. The highest BCUT2D eigenvalue weighted by atomic mass is 16.5. The van der Waals surface area contributed by atoms with Gasteiger partial charge in [-0.1, -0.05) is 54.6 Å². The molecule has 0 amide bonds. The van der Waals surface area contributed by atoms with Gasteiger partial charge in [-0.3, -0.25) is 4.90 Å². The van der Waals surface area contributed by atoms with Gasteiger partial charge in [0.15, 0.2) is 0 Å². The molecule has 2 atom stereocenters. The Morgan fingerprint density at radius 3 is 2.57 bits per heavy atom. The molecule has 0 aromatic heterocycles. The van der Waals surface area contributed by atoms with Crippen molar-refractivity contribution in [3.05, 3.63) is 71.8 Å². The summed E-state index contributed by atoms with van der Waals surface area (Å²) in [6.07, 6.45) is 6.18. The Morgan fingerprint density at radius 1 is 1.00 bits per heavy atom. The molecule has 0 N–H and O–H groups in total. The van der Waals surface area contributed by atoms with Gasteiger partial charge in [-0.25, -0.2) is 0 Å². The first-order valence-corrected chi connectivity index (χ1v) is 8.49. The van der Waals surface area contributed by atoms with Gasteiger partial charge >= 0.3 is 0 Å². The second-order valence-corrected chi connectivity index (χ2v) is 6.55. The molecule has 2 aromatic rings. The molecule has 0 aliphatic carbocycles. The largest absolute Gasteiger partial charge is 0.496 e. The van der Waals surface area contributed by atoms with Crippen LogP contribution in [-0.2, 0) is 6.54 Å². The molecule has 0 saturated carbocycles. The van der Waals surface area contributed by atoms with Crippen molar-refractivity contribution in [3.63, 3.8) is 0 Å². The second-order valence-electron chi connectivity index (χ2n) is 6.55. The number of benzene rings is 2. The predicted molar refractivity (Wildman–Crippen MR) is 94.4 cm³/mol. The maximum absolute atomic E-state index is 5.56. The Bertz CT molecular complexity index is 707. The summed E-state index contributed by atoms with van der Waals surface area (Å²) in [6.45, 7) is 1.06. The van der Waals surface area contributed by atoms with Crippen molar-refractivity contribution in [1.82, 2.24) is 4.90 Å². The quantitative estimate of drug-likeness (QED) is 0.823. The smallest absolute Gasteiger partial charge is 0.126 e. The van der Waals surface area contributed by atoms with Crippen molar-refractivity contribution in [2.24, 2.45) is 0 Å².